The lowest BCUT2D eigenvalue weighted by atomic mass is 9.98. The summed E-state index contributed by atoms with van der Waals surface area (Å²) in [5.74, 6) is 0. The minimum absolute atomic E-state index is 0.250. The average molecular weight is 191 g/mol. The highest BCUT2D eigenvalue weighted by atomic mass is 16.5. The molecule has 0 saturated carbocycles. The van der Waals surface area contributed by atoms with E-state index in [0.29, 0.717) is 0 Å². The van der Waals surface area contributed by atoms with Crippen LogP contribution in [0.1, 0.15) is 24.2 Å². The van der Waals surface area contributed by atoms with Crippen LogP contribution in [0.5, 0.6) is 0 Å². The van der Waals surface area contributed by atoms with Gasteiger partial charge in [0.15, 0.2) is 0 Å². The van der Waals surface area contributed by atoms with Gasteiger partial charge in [0.1, 0.15) is 0 Å². The molecule has 1 heterocycles. The van der Waals surface area contributed by atoms with E-state index in [9.17, 15) is 0 Å². The molecule has 0 spiro atoms. The molecule has 1 aliphatic rings. The van der Waals surface area contributed by atoms with Gasteiger partial charge in [-0.2, -0.15) is 0 Å². The predicted molar refractivity (Wildman–Crippen MR) is 57.4 cm³/mol. The van der Waals surface area contributed by atoms with E-state index in [1.54, 1.807) is 0 Å². The van der Waals surface area contributed by atoms with E-state index in [-0.39, 0.29) is 6.10 Å². The Balaban J connectivity index is 2.14. The Morgan fingerprint density at radius 3 is 3.14 bits per heavy atom. The Kier molecular flexibility index (Phi) is 3.17. The van der Waals surface area contributed by atoms with Gasteiger partial charge >= 0.3 is 0 Å². The maximum atomic E-state index is 5.74. The van der Waals surface area contributed by atoms with Crippen molar-refractivity contribution in [2.45, 2.75) is 19.4 Å². The van der Waals surface area contributed by atoms with Gasteiger partial charge in [0, 0.05) is 6.54 Å². The summed E-state index contributed by atoms with van der Waals surface area (Å²) >= 11 is 0. The first-order valence-electron chi connectivity index (χ1n) is 5.32. The van der Waals surface area contributed by atoms with Gasteiger partial charge in [-0.25, -0.2) is 0 Å². The van der Waals surface area contributed by atoms with Gasteiger partial charge in [-0.3, -0.25) is 0 Å². The zero-order valence-corrected chi connectivity index (χ0v) is 8.62. The summed E-state index contributed by atoms with van der Waals surface area (Å²) in [6.45, 7) is 4.90. The third kappa shape index (κ3) is 1.97. The molecule has 0 fully saturated rings. The minimum Gasteiger partial charge on any atom is -0.372 e. The standard InChI is InChI=1S/C12H17NO/c1-2-13-9-12-11-6-4-3-5-10(11)7-8-14-12/h3-6,12-13H,2,7-9H2,1H3. The molecule has 1 N–H and O–H groups in total. The second-order valence-electron chi connectivity index (χ2n) is 3.62. The molecule has 1 aromatic rings. The molecule has 0 bridgehead atoms. The van der Waals surface area contributed by atoms with Crippen molar-refractivity contribution >= 4 is 0 Å². The number of ether oxygens (including phenoxy) is 1. The van der Waals surface area contributed by atoms with Crippen LogP contribution in [0.2, 0.25) is 0 Å². The number of likely N-dealkylation sites (N-methyl/N-ethyl adjacent to an activating group) is 1. The monoisotopic (exact) mass is 191 g/mol. The van der Waals surface area contributed by atoms with Crippen LogP contribution >= 0.6 is 0 Å². The van der Waals surface area contributed by atoms with Crippen molar-refractivity contribution in [3.63, 3.8) is 0 Å². The van der Waals surface area contributed by atoms with Gasteiger partial charge < -0.3 is 10.1 Å². The van der Waals surface area contributed by atoms with Crippen LogP contribution in [0.15, 0.2) is 24.3 Å². The van der Waals surface area contributed by atoms with E-state index in [0.717, 1.165) is 26.1 Å². The van der Waals surface area contributed by atoms with Gasteiger partial charge in [0.2, 0.25) is 0 Å². The van der Waals surface area contributed by atoms with Crippen LogP contribution in [0, 0.1) is 0 Å². The van der Waals surface area contributed by atoms with Gasteiger partial charge in [0.05, 0.1) is 12.7 Å². The van der Waals surface area contributed by atoms with Crippen molar-refractivity contribution in [2.24, 2.45) is 0 Å². The molecule has 1 unspecified atom stereocenters. The third-order valence-electron chi connectivity index (χ3n) is 2.67. The molecule has 2 heteroatoms. The lowest BCUT2D eigenvalue weighted by Gasteiger charge is -2.26. The Hall–Kier alpha value is -0.860. The highest BCUT2D eigenvalue weighted by Gasteiger charge is 2.19. The van der Waals surface area contributed by atoms with E-state index < -0.39 is 0 Å². The Bertz CT molecular complexity index is 298. The van der Waals surface area contributed by atoms with E-state index in [1.807, 2.05) is 0 Å². The van der Waals surface area contributed by atoms with Gasteiger partial charge in [-0.05, 0) is 24.1 Å². The fraction of sp³-hybridized carbons (Fsp3) is 0.500. The van der Waals surface area contributed by atoms with E-state index >= 15 is 0 Å². The molecule has 0 aliphatic carbocycles. The molecule has 2 rings (SSSR count). The maximum absolute atomic E-state index is 5.74. The molecule has 1 aliphatic heterocycles. The van der Waals surface area contributed by atoms with Crippen molar-refractivity contribution in [1.29, 1.82) is 0 Å². The molecule has 0 amide bonds. The van der Waals surface area contributed by atoms with Crippen molar-refractivity contribution in [3.05, 3.63) is 35.4 Å². The number of nitrogens with one attached hydrogen (secondary N) is 1. The molecular formula is C12H17NO. The van der Waals surface area contributed by atoms with E-state index in [1.165, 1.54) is 11.1 Å². The third-order valence-corrected chi connectivity index (χ3v) is 2.67. The summed E-state index contributed by atoms with van der Waals surface area (Å²) in [7, 11) is 0. The SMILES string of the molecule is CCNCC1OCCc2ccccc21. The summed E-state index contributed by atoms with van der Waals surface area (Å²) in [6.07, 6.45) is 1.30. The maximum Gasteiger partial charge on any atom is 0.0952 e. The van der Waals surface area contributed by atoms with Crippen LogP contribution in [-0.4, -0.2) is 19.7 Å². The largest absolute Gasteiger partial charge is 0.372 e. The highest BCUT2D eigenvalue weighted by molar-refractivity contribution is 5.31. The first-order valence-corrected chi connectivity index (χ1v) is 5.32. The van der Waals surface area contributed by atoms with Crippen molar-refractivity contribution in [2.75, 3.05) is 19.7 Å². The zero-order chi connectivity index (χ0) is 9.80. The van der Waals surface area contributed by atoms with E-state index in [2.05, 4.69) is 36.5 Å². The molecule has 0 saturated heterocycles. The molecule has 14 heavy (non-hydrogen) atoms. The summed E-state index contributed by atoms with van der Waals surface area (Å²) in [6, 6.07) is 8.58. The second-order valence-corrected chi connectivity index (χ2v) is 3.62. The van der Waals surface area contributed by atoms with Crippen LogP contribution in [-0.2, 0) is 11.2 Å². The molecule has 1 atom stereocenters. The highest BCUT2D eigenvalue weighted by Crippen LogP contribution is 2.25. The number of hydrogen-bond donors (Lipinski definition) is 1. The molecular weight excluding hydrogens is 174 g/mol. The molecule has 0 radical (unpaired) electrons. The fourth-order valence-electron chi connectivity index (χ4n) is 1.92. The Labute approximate surface area is 85.3 Å². The number of benzene rings is 1. The summed E-state index contributed by atoms with van der Waals surface area (Å²) in [5, 5.41) is 3.33. The number of fused-ring (bicyclic) bond motifs is 1. The molecule has 1 aromatic carbocycles. The molecule has 76 valence electrons. The van der Waals surface area contributed by atoms with Crippen LogP contribution in [0.25, 0.3) is 0 Å². The molecule has 0 aromatic heterocycles. The lowest BCUT2D eigenvalue weighted by molar-refractivity contribution is 0.0429. The normalized spacial score (nSPS) is 20.5. The Morgan fingerprint density at radius 2 is 2.29 bits per heavy atom. The van der Waals surface area contributed by atoms with Crippen molar-refractivity contribution in [3.8, 4) is 0 Å². The van der Waals surface area contributed by atoms with E-state index in [4.69, 9.17) is 4.74 Å². The quantitative estimate of drug-likeness (QED) is 0.788. The first-order chi connectivity index (χ1) is 6.92. The number of rotatable bonds is 3. The summed E-state index contributed by atoms with van der Waals surface area (Å²) in [4.78, 5) is 0. The first kappa shape index (κ1) is 9.69. The second kappa shape index (κ2) is 4.58. The van der Waals surface area contributed by atoms with Gasteiger partial charge in [0.25, 0.3) is 0 Å². The van der Waals surface area contributed by atoms with Crippen molar-refractivity contribution < 1.29 is 4.74 Å². The fourth-order valence-corrected chi connectivity index (χ4v) is 1.92. The van der Waals surface area contributed by atoms with Gasteiger partial charge in [-0.1, -0.05) is 31.2 Å². The van der Waals surface area contributed by atoms with Crippen LogP contribution < -0.4 is 5.32 Å². The van der Waals surface area contributed by atoms with Crippen LogP contribution in [0.4, 0.5) is 0 Å². The molecule has 2 nitrogen and oxygen atoms in total. The number of hydrogen-bond acceptors (Lipinski definition) is 2. The smallest absolute Gasteiger partial charge is 0.0952 e. The van der Waals surface area contributed by atoms with Crippen LogP contribution in [0.3, 0.4) is 0 Å². The summed E-state index contributed by atoms with van der Waals surface area (Å²) < 4.78 is 5.74. The van der Waals surface area contributed by atoms with Crippen molar-refractivity contribution in [1.82, 2.24) is 5.32 Å². The minimum atomic E-state index is 0.250. The van der Waals surface area contributed by atoms with Gasteiger partial charge in [-0.15, -0.1) is 0 Å². The average Bonchev–Trinajstić information content (AvgIpc) is 2.26. The Morgan fingerprint density at radius 1 is 1.43 bits per heavy atom. The topological polar surface area (TPSA) is 21.3 Å². The zero-order valence-electron chi connectivity index (χ0n) is 8.62. The summed E-state index contributed by atoms with van der Waals surface area (Å²) in [5.41, 5.74) is 2.81. The predicted octanol–water partition coefficient (Wildman–Crippen LogP) is 1.91. The lowest BCUT2D eigenvalue weighted by Crippen LogP contribution is -2.27.